The van der Waals surface area contributed by atoms with Crippen molar-refractivity contribution in [3.05, 3.63) is 224 Å². The largest absolute Gasteiger partial charge is 0.456 e. The number of para-hydroxylation sites is 3. The van der Waals surface area contributed by atoms with Crippen molar-refractivity contribution in [3.63, 3.8) is 0 Å². The quantitative estimate of drug-likeness (QED) is 0.161. The van der Waals surface area contributed by atoms with Crippen molar-refractivity contribution < 1.29 is 11.3 Å². The van der Waals surface area contributed by atoms with Crippen LogP contribution in [0, 0.1) is 0 Å². The Hall–Kier alpha value is -8.08. The summed E-state index contributed by atoms with van der Waals surface area (Å²) in [6, 6.07) is 64.2. The van der Waals surface area contributed by atoms with Gasteiger partial charge in [-0.2, -0.15) is 0 Å². The molecule has 0 saturated heterocycles. The molecule has 0 N–H and O–H groups in total. The van der Waals surface area contributed by atoms with Gasteiger partial charge in [0.25, 0.3) is 0 Å². The fraction of sp³-hybridized carbons (Fsp3) is 0. The lowest BCUT2D eigenvalue weighted by Gasteiger charge is -2.28. The number of nitrogens with zero attached hydrogens (tertiary/aromatic N) is 3. The Kier molecular flexibility index (Phi) is 6.71. The van der Waals surface area contributed by atoms with Gasteiger partial charge in [0.15, 0.2) is 0 Å². The number of aromatic nitrogens is 1. The molecule has 0 fully saturated rings. The molecule has 0 atom stereocenters. The molecule has 4 nitrogen and oxygen atoms in total. The van der Waals surface area contributed by atoms with Crippen LogP contribution in [-0.4, -0.2) is 4.57 Å². The summed E-state index contributed by atoms with van der Waals surface area (Å²) in [6.07, 6.45) is 0. The van der Waals surface area contributed by atoms with Crippen LogP contribution in [0.2, 0.25) is 0 Å². The molecule has 282 valence electrons. The summed E-state index contributed by atoms with van der Waals surface area (Å²) in [5.74, 6) is 0. The fourth-order valence-corrected chi connectivity index (χ4v) is 8.81. The Balaban J connectivity index is 1.04. The first kappa shape index (κ1) is 29.2. The van der Waals surface area contributed by atoms with E-state index in [4.69, 9.17) is 8.53 Å². The Morgan fingerprint density at radius 2 is 0.833 bits per heavy atom. The van der Waals surface area contributed by atoms with Crippen molar-refractivity contribution in [2.24, 2.45) is 0 Å². The third-order valence-electron chi connectivity index (χ3n) is 11.6. The van der Waals surface area contributed by atoms with Crippen LogP contribution >= 0.6 is 0 Å². The van der Waals surface area contributed by atoms with Crippen molar-refractivity contribution in [1.29, 1.82) is 0 Å². The summed E-state index contributed by atoms with van der Waals surface area (Å²) in [6.45, 7) is 0. The van der Waals surface area contributed by atoms with Gasteiger partial charge in [0.05, 0.1) is 17.9 Å². The first-order valence-corrected chi connectivity index (χ1v) is 20.0. The van der Waals surface area contributed by atoms with Gasteiger partial charge in [0.2, 0.25) is 0 Å². The molecule has 0 radical (unpaired) electrons. The van der Waals surface area contributed by atoms with Gasteiger partial charge in [-0.1, -0.05) is 109 Å². The van der Waals surface area contributed by atoms with Gasteiger partial charge in [-0.15, -0.1) is 0 Å². The van der Waals surface area contributed by atoms with E-state index in [1.54, 1.807) is 4.90 Å². The minimum absolute atomic E-state index is 0.0547. The third kappa shape index (κ3) is 5.61. The second-order valence-corrected chi connectivity index (χ2v) is 15.1. The van der Waals surface area contributed by atoms with Gasteiger partial charge in [-0.25, -0.2) is 0 Å². The molecule has 12 rings (SSSR count). The maximum atomic E-state index is 9.22. The van der Waals surface area contributed by atoms with Gasteiger partial charge in [-0.05, 0) is 131 Å². The van der Waals surface area contributed by atoms with Crippen molar-refractivity contribution in [2.45, 2.75) is 0 Å². The second-order valence-electron chi connectivity index (χ2n) is 15.1. The number of anilines is 6. The summed E-state index contributed by atoms with van der Waals surface area (Å²) < 4.78 is 53.1. The number of hydrogen-bond donors (Lipinski definition) is 0. The fourth-order valence-electron chi connectivity index (χ4n) is 8.81. The maximum Gasteiger partial charge on any atom is 0.137 e. The predicted molar refractivity (Wildman–Crippen MR) is 252 cm³/mol. The molecule has 2 aromatic heterocycles. The zero-order valence-electron chi connectivity index (χ0n) is 37.2. The summed E-state index contributed by atoms with van der Waals surface area (Å²) in [7, 11) is 0. The van der Waals surface area contributed by atoms with Crippen molar-refractivity contribution >= 4 is 99.4 Å². The highest BCUT2D eigenvalue weighted by atomic mass is 16.3. The molecule has 0 saturated carbocycles. The molecule has 10 aromatic carbocycles. The molecule has 0 aliphatic heterocycles. The van der Waals surface area contributed by atoms with Gasteiger partial charge < -0.3 is 18.8 Å². The number of furan rings is 1. The minimum atomic E-state index is -0.445. The molecule has 0 bridgehead atoms. The van der Waals surface area contributed by atoms with E-state index in [1.165, 1.54) is 0 Å². The van der Waals surface area contributed by atoms with E-state index in [1.807, 2.05) is 91.0 Å². The topological polar surface area (TPSA) is 24.6 Å². The lowest BCUT2D eigenvalue weighted by Crippen LogP contribution is -2.12. The van der Waals surface area contributed by atoms with E-state index in [9.17, 15) is 2.74 Å². The van der Waals surface area contributed by atoms with E-state index in [0.29, 0.717) is 11.4 Å². The minimum Gasteiger partial charge on any atom is -0.456 e. The first-order valence-electron chi connectivity index (χ1n) is 22.5. The van der Waals surface area contributed by atoms with E-state index in [-0.39, 0.29) is 17.8 Å². The number of fused-ring (bicyclic) bond motifs is 8. The second kappa shape index (κ2) is 13.8. The van der Waals surface area contributed by atoms with Crippen LogP contribution in [0.1, 0.15) is 6.85 Å². The van der Waals surface area contributed by atoms with E-state index in [0.717, 1.165) is 88.0 Å². The van der Waals surface area contributed by atoms with Crippen LogP contribution < -0.4 is 9.80 Å². The van der Waals surface area contributed by atoms with Crippen LogP contribution in [0.3, 0.4) is 0 Å². The molecular formula is C56H37N3O. The van der Waals surface area contributed by atoms with Crippen molar-refractivity contribution in [1.82, 2.24) is 4.57 Å². The average Bonchev–Trinajstić information content (AvgIpc) is 3.86. The highest BCUT2D eigenvalue weighted by Gasteiger charge is 2.20. The number of rotatable bonds is 7. The van der Waals surface area contributed by atoms with Crippen LogP contribution in [0.15, 0.2) is 229 Å². The van der Waals surface area contributed by atoms with E-state index >= 15 is 0 Å². The van der Waals surface area contributed by atoms with Crippen LogP contribution in [0.25, 0.3) is 71.0 Å². The first-order chi connectivity index (χ1) is 31.8. The van der Waals surface area contributed by atoms with Crippen LogP contribution in [0.5, 0.6) is 0 Å². The van der Waals surface area contributed by atoms with Crippen molar-refractivity contribution in [3.8, 4) is 5.69 Å². The SMILES string of the molecule is [2H]c1c([2H])c([2H])c(N(c2ccc(N(c3ccccc3)c3ccc4c(c3)oc3cc5ccccc5cc34)cc2)c2ccc3c4cc5ccccc5cc4n(-c4ccccc4)c3c2)c([2H])c1[2H]. The highest BCUT2D eigenvalue weighted by molar-refractivity contribution is 6.15. The Morgan fingerprint density at radius 3 is 1.52 bits per heavy atom. The maximum absolute atomic E-state index is 9.22. The van der Waals surface area contributed by atoms with E-state index in [2.05, 4.69) is 113 Å². The smallest absolute Gasteiger partial charge is 0.137 e. The Morgan fingerprint density at radius 1 is 0.350 bits per heavy atom. The molecule has 0 amide bonds. The Labute approximate surface area is 354 Å². The molecule has 0 spiro atoms. The average molecular weight is 773 g/mol. The molecule has 12 aromatic rings. The molecule has 0 aliphatic carbocycles. The van der Waals surface area contributed by atoms with Gasteiger partial charge in [0.1, 0.15) is 11.2 Å². The number of hydrogen-bond acceptors (Lipinski definition) is 3. The van der Waals surface area contributed by atoms with Gasteiger partial charge in [-0.3, -0.25) is 0 Å². The highest BCUT2D eigenvalue weighted by Crippen LogP contribution is 2.43. The molecular weight excluding hydrogens is 731 g/mol. The molecule has 0 aliphatic rings. The molecule has 0 unspecified atom stereocenters. The third-order valence-corrected chi connectivity index (χ3v) is 11.6. The normalized spacial score (nSPS) is 12.8. The monoisotopic (exact) mass is 772 g/mol. The summed E-state index contributed by atoms with van der Waals surface area (Å²) in [4.78, 5) is 3.94. The summed E-state index contributed by atoms with van der Waals surface area (Å²) in [5.41, 5.74) is 8.54. The predicted octanol–water partition coefficient (Wildman–Crippen LogP) is 15.9. The van der Waals surface area contributed by atoms with Crippen LogP contribution in [-0.2, 0) is 0 Å². The molecule has 60 heavy (non-hydrogen) atoms. The van der Waals surface area contributed by atoms with Gasteiger partial charge >= 0.3 is 0 Å². The lowest BCUT2D eigenvalue weighted by molar-refractivity contribution is 0.669. The zero-order valence-corrected chi connectivity index (χ0v) is 32.2. The van der Waals surface area contributed by atoms with E-state index < -0.39 is 18.1 Å². The summed E-state index contributed by atoms with van der Waals surface area (Å²) >= 11 is 0. The van der Waals surface area contributed by atoms with Gasteiger partial charge in [0, 0.05) is 67.4 Å². The molecule has 2 heterocycles. The lowest BCUT2D eigenvalue weighted by atomic mass is 10.1. The standard InChI is InChI=1S/C56H37N3O/c1-4-18-42(19-5-1)57(47-28-30-49-51-32-38-14-10-12-16-40(38)34-53(51)59(54(49)36-47)44-22-8-3-9-23-44)45-24-26-46(27-25-45)58(43-20-6-2-7-21-43)48-29-31-50-52-33-39-15-11-13-17-41(39)35-55(52)60-56(50)37-48/h1-37H/i1D,4D,5D,18D,19D. The zero-order chi connectivity index (χ0) is 43.9. The number of benzene rings is 10. The van der Waals surface area contributed by atoms with Crippen molar-refractivity contribution in [2.75, 3.05) is 9.80 Å². The Bertz CT molecular complexity index is 3820. The summed E-state index contributed by atoms with van der Waals surface area (Å²) in [5, 5.41) is 8.74. The van der Waals surface area contributed by atoms with Crippen LogP contribution in [0.4, 0.5) is 34.1 Å². The molecule has 4 heteroatoms.